The van der Waals surface area contributed by atoms with Gasteiger partial charge in [0.2, 0.25) is 5.89 Å². The molecule has 1 aliphatic heterocycles. The lowest BCUT2D eigenvalue weighted by atomic mass is 9.89. The van der Waals surface area contributed by atoms with Crippen molar-refractivity contribution in [3.8, 4) is 0 Å². The molecule has 1 saturated heterocycles. The maximum absolute atomic E-state index is 11.0. The minimum Gasteiger partial charge on any atom is -0.388 e. The maximum atomic E-state index is 11.0. The normalized spacial score (nSPS) is 25.0. The number of nitrogens with zero attached hydrogens (tertiary/aromatic N) is 3. The summed E-state index contributed by atoms with van der Waals surface area (Å²) in [7, 11) is 0. The van der Waals surface area contributed by atoms with Crippen LogP contribution in [0.5, 0.6) is 0 Å². The molecule has 1 unspecified atom stereocenters. The minimum atomic E-state index is -0.767. The number of aromatic nitrogens is 2. The van der Waals surface area contributed by atoms with Gasteiger partial charge in [0, 0.05) is 19.5 Å². The Labute approximate surface area is 142 Å². The number of likely N-dealkylation sites (tertiary alicyclic amines) is 1. The van der Waals surface area contributed by atoms with Crippen LogP contribution in [0.1, 0.15) is 43.0 Å². The quantitative estimate of drug-likeness (QED) is 0.883. The van der Waals surface area contributed by atoms with E-state index < -0.39 is 5.60 Å². The van der Waals surface area contributed by atoms with Crippen molar-refractivity contribution in [2.75, 3.05) is 13.1 Å². The topological polar surface area (TPSA) is 62.4 Å². The summed E-state index contributed by atoms with van der Waals surface area (Å²) in [5, 5.41) is 15.1. The van der Waals surface area contributed by atoms with Gasteiger partial charge < -0.3 is 9.63 Å². The molecule has 2 aliphatic rings. The van der Waals surface area contributed by atoms with Crippen molar-refractivity contribution in [3.63, 3.8) is 0 Å². The summed E-state index contributed by atoms with van der Waals surface area (Å²) in [5.41, 5.74) is 0.516. The van der Waals surface area contributed by atoms with E-state index in [1.807, 2.05) is 6.07 Å². The van der Waals surface area contributed by atoms with E-state index >= 15 is 0 Å². The summed E-state index contributed by atoms with van der Waals surface area (Å²) >= 11 is 0. The monoisotopic (exact) mass is 327 g/mol. The van der Waals surface area contributed by atoms with Gasteiger partial charge in [-0.1, -0.05) is 35.5 Å². The molecule has 4 rings (SSSR count). The molecule has 1 aliphatic carbocycles. The molecule has 1 atom stereocenters. The molecular weight excluding hydrogens is 302 g/mol. The number of benzene rings is 1. The molecular formula is C19H25N3O2. The molecule has 1 N–H and O–H groups in total. The van der Waals surface area contributed by atoms with Crippen LogP contribution in [0.15, 0.2) is 34.9 Å². The van der Waals surface area contributed by atoms with Crippen LogP contribution in [0.4, 0.5) is 0 Å². The van der Waals surface area contributed by atoms with E-state index in [4.69, 9.17) is 4.52 Å². The number of piperidine rings is 1. The highest BCUT2D eigenvalue weighted by Crippen LogP contribution is 2.32. The molecule has 0 radical (unpaired) electrons. The Morgan fingerprint density at radius 1 is 1.25 bits per heavy atom. The average Bonchev–Trinajstić information content (AvgIpc) is 3.27. The zero-order chi connectivity index (χ0) is 16.4. The number of hydrogen-bond donors (Lipinski definition) is 1. The van der Waals surface area contributed by atoms with E-state index in [0.717, 1.165) is 44.1 Å². The molecule has 24 heavy (non-hydrogen) atoms. The van der Waals surface area contributed by atoms with Gasteiger partial charge in [0.1, 0.15) is 0 Å². The summed E-state index contributed by atoms with van der Waals surface area (Å²) in [6, 6.07) is 10.4. The summed E-state index contributed by atoms with van der Waals surface area (Å²) in [6.45, 7) is 2.55. The molecule has 1 aromatic carbocycles. The van der Waals surface area contributed by atoms with Gasteiger partial charge in [0.05, 0.1) is 12.0 Å². The SMILES string of the molecule is OC1(Cc2nc(CC3CC3)no2)CCCN(Cc2ccccc2)C1. The van der Waals surface area contributed by atoms with Gasteiger partial charge in [-0.3, -0.25) is 4.90 Å². The number of β-amino-alcohol motifs (C(OH)–C–C–N with tert-alkyl or cyclic N) is 1. The molecule has 5 nitrogen and oxygen atoms in total. The molecule has 2 heterocycles. The highest BCUT2D eigenvalue weighted by atomic mass is 16.5. The van der Waals surface area contributed by atoms with E-state index in [1.165, 1.54) is 18.4 Å². The molecule has 0 amide bonds. The zero-order valence-corrected chi connectivity index (χ0v) is 14.0. The Hall–Kier alpha value is -1.72. The van der Waals surface area contributed by atoms with Crippen molar-refractivity contribution < 1.29 is 9.63 Å². The molecule has 2 aromatic rings. The van der Waals surface area contributed by atoms with E-state index in [9.17, 15) is 5.11 Å². The smallest absolute Gasteiger partial charge is 0.229 e. The maximum Gasteiger partial charge on any atom is 0.229 e. The Morgan fingerprint density at radius 3 is 2.88 bits per heavy atom. The Balaban J connectivity index is 1.37. The summed E-state index contributed by atoms with van der Waals surface area (Å²) < 4.78 is 5.38. The third kappa shape index (κ3) is 4.02. The average molecular weight is 327 g/mol. The first-order chi connectivity index (χ1) is 11.7. The van der Waals surface area contributed by atoms with Crippen LogP contribution in [0.3, 0.4) is 0 Å². The molecule has 5 heteroatoms. The van der Waals surface area contributed by atoms with Crippen LogP contribution in [-0.4, -0.2) is 38.8 Å². The highest BCUT2D eigenvalue weighted by molar-refractivity contribution is 5.14. The van der Waals surface area contributed by atoms with Crippen molar-refractivity contribution in [2.45, 2.75) is 50.7 Å². The Morgan fingerprint density at radius 2 is 2.08 bits per heavy atom. The van der Waals surface area contributed by atoms with Crippen LogP contribution in [-0.2, 0) is 19.4 Å². The number of rotatable bonds is 6. The summed E-state index contributed by atoms with van der Waals surface area (Å²) in [6.07, 6.45) is 5.72. The second kappa shape index (κ2) is 6.65. The first-order valence-corrected chi connectivity index (χ1v) is 8.99. The summed E-state index contributed by atoms with van der Waals surface area (Å²) in [4.78, 5) is 6.80. The highest BCUT2D eigenvalue weighted by Gasteiger charge is 2.35. The zero-order valence-electron chi connectivity index (χ0n) is 14.0. The second-order valence-corrected chi connectivity index (χ2v) is 7.45. The lowest BCUT2D eigenvalue weighted by Gasteiger charge is -2.38. The molecule has 2 fully saturated rings. The van der Waals surface area contributed by atoms with Crippen molar-refractivity contribution in [1.82, 2.24) is 15.0 Å². The standard InChI is InChI=1S/C19H25N3O2/c23-19(12-18-20-17(21-24-18)11-15-7-8-15)9-4-10-22(14-19)13-16-5-2-1-3-6-16/h1-3,5-6,15,23H,4,7-14H2. The number of hydrogen-bond acceptors (Lipinski definition) is 5. The Kier molecular flexibility index (Phi) is 4.37. The molecule has 128 valence electrons. The third-order valence-electron chi connectivity index (χ3n) is 5.04. The minimum absolute atomic E-state index is 0.454. The lowest BCUT2D eigenvalue weighted by Crippen LogP contribution is -2.49. The molecule has 1 saturated carbocycles. The first-order valence-electron chi connectivity index (χ1n) is 8.99. The Bertz CT molecular complexity index is 668. The van der Waals surface area contributed by atoms with Gasteiger partial charge in [-0.2, -0.15) is 4.98 Å². The predicted octanol–water partition coefficient (Wildman–Crippen LogP) is 2.59. The largest absolute Gasteiger partial charge is 0.388 e. The van der Waals surface area contributed by atoms with Crippen molar-refractivity contribution in [2.24, 2.45) is 5.92 Å². The molecule has 1 aromatic heterocycles. The summed E-state index contributed by atoms with van der Waals surface area (Å²) in [5.74, 6) is 2.12. The fourth-order valence-electron chi connectivity index (χ4n) is 3.63. The van der Waals surface area contributed by atoms with E-state index in [1.54, 1.807) is 0 Å². The van der Waals surface area contributed by atoms with Gasteiger partial charge in [0.25, 0.3) is 0 Å². The van der Waals surface area contributed by atoms with Crippen LogP contribution in [0, 0.1) is 5.92 Å². The van der Waals surface area contributed by atoms with Crippen LogP contribution >= 0.6 is 0 Å². The predicted molar refractivity (Wildman–Crippen MR) is 90.3 cm³/mol. The van der Waals surface area contributed by atoms with Crippen molar-refractivity contribution >= 4 is 0 Å². The molecule has 0 spiro atoms. The van der Waals surface area contributed by atoms with Crippen LogP contribution < -0.4 is 0 Å². The lowest BCUT2D eigenvalue weighted by molar-refractivity contribution is -0.0373. The first kappa shape index (κ1) is 15.8. The fourth-order valence-corrected chi connectivity index (χ4v) is 3.63. The van der Waals surface area contributed by atoms with Gasteiger partial charge in [-0.15, -0.1) is 0 Å². The van der Waals surface area contributed by atoms with Crippen LogP contribution in [0.2, 0.25) is 0 Å². The van der Waals surface area contributed by atoms with Crippen molar-refractivity contribution in [3.05, 3.63) is 47.6 Å². The van der Waals surface area contributed by atoms with E-state index in [-0.39, 0.29) is 0 Å². The van der Waals surface area contributed by atoms with Gasteiger partial charge in [0.15, 0.2) is 5.82 Å². The number of aliphatic hydroxyl groups is 1. The van der Waals surface area contributed by atoms with Gasteiger partial charge in [-0.25, -0.2) is 0 Å². The van der Waals surface area contributed by atoms with Gasteiger partial charge >= 0.3 is 0 Å². The molecule has 0 bridgehead atoms. The van der Waals surface area contributed by atoms with Crippen LogP contribution in [0.25, 0.3) is 0 Å². The fraction of sp³-hybridized carbons (Fsp3) is 0.579. The van der Waals surface area contributed by atoms with Gasteiger partial charge in [-0.05, 0) is 43.7 Å². The third-order valence-corrected chi connectivity index (χ3v) is 5.04. The van der Waals surface area contributed by atoms with E-state index in [2.05, 4.69) is 39.3 Å². The van der Waals surface area contributed by atoms with Crippen molar-refractivity contribution in [1.29, 1.82) is 0 Å². The van der Waals surface area contributed by atoms with E-state index in [0.29, 0.717) is 18.9 Å². The second-order valence-electron chi connectivity index (χ2n) is 7.45.